The molecule has 2 saturated heterocycles. The zero-order valence-corrected chi connectivity index (χ0v) is 9.03. The highest BCUT2D eigenvalue weighted by Gasteiger charge is 2.34. The molecule has 1 N–H and O–H groups in total. The van der Waals surface area contributed by atoms with Crippen LogP contribution in [0.15, 0.2) is 0 Å². The lowest BCUT2D eigenvalue weighted by atomic mass is 10.1. The average Bonchev–Trinajstić information content (AvgIpc) is 2.59. The number of carbonyl (C=O) groups is 2. The Morgan fingerprint density at radius 3 is 2.60 bits per heavy atom. The molecule has 0 saturated carbocycles. The number of carbonyl (C=O) groups excluding carboxylic acids is 2. The molecule has 5 nitrogen and oxygen atoms in total. The largest absolute Gasteiger partial charge is 0.345 e. The molecule has 0 radical (unpaired) electrons. The fraction of sp³-hybridized carbons (Fsp3) is 0.800. The molecule has 0 aromatic rings. The molecule has 2 fully saturated rings. The lowest BCUT2D eigenvalue weighted by molar-refractivity contribution is -0.136. The van der Waals surface area contributed by atoms with Gasteiger partial charge in [-0.25, -0.2) is 0 Å². The van der Waals surface area contributed by atoms with Gasteiger partial charge in [0.05, 0.1) is 5.92 Å². The maximum Gasteiger partial charge on any atom is 0.228 e. The number of hydrogen-bond donors (Lipinski definition) is 1. The topological polar surface area (TPSA) is 52.7 Å². The Hall–Kier alpha value is -1.10. The summed E-state index contributed by atoms with van der Waals surface area (Å²) < 4.78 is 0. The summed E-state index contributed by atoms with van der Waals surface area (Å²) in [5, 5.41) is 3.21. The Kier molecular flexibility index (Phi) is 2.90. The molecule has 2 aliphatic heterocycles. The highest BCUT2D eigenvalue weighted by atomic mass is 16.2. The normalized spacial score (nSPS) is 27.3. The van der Waals surface area contributed by atoms with Gasteiger partial charge in [-0.1, -0.05) is 0 Å². The molecular weight excluding hydrogens is 194 g/mol. The zero-order chi connectivity index (χ0) is 10.8. The highest BCUT2D eigenvalue weighted by molar-refractivity contribution is 5.89. The van der Waals surface area contributed by atoms with E-state index in [1.165, 1.54) is 0 Å². The van der Waals surface area contributed by atoms with Crippen molar-refractivity contribution in [3.05, 3.63) is 0 Å². The molecule has 0 aromatic heterocycles. The van der Waals surface area contributed by atoms with Crippen molar-refractivity contribution in [1.82, 2.24) is 15.1 Å². The van der Waals surface area contributed by atoms with Crippen LogP contribution >= 0.6 is 0 Å². The Labute approximate surface area is 89.4 Å². The molecule has 5 heteroatoms. The van der Waals surface area contributed by atoms with Crippen LogP contribution in [0.3, 0.4) is 0 Å². The molecule has 84 valence electrons. The minimum Gasteiger partial charge on any atom is -0.345 e. The standard InChI is InChI=1S/C10H17N3O2/c1-12-7-8(6-9(12)14)10(15)13-4-2-11-3-5-13/h8,11H,2-7H2,1H3/t8-/m0/s1. The molecule has 2 heterocycles. The fourth-order valence-electron chi connectivity index (χ4n) is 2.17. The molecule has 2 rings (SSSR count). The van der Waals surface area contributed by atoms with Crippen LogP contribution in [0, 0.1) is 5.92 Å². The van der Waals surface area contributed by atoms with Gasteiger partial charge in [0.2, 0.25) is 11.8 Å². The van der Waals surface area contributed by atoms with Crippen LogP contribution in [0.5, 0.6) is 0 Å². The number of likely N-dealkylation sites (tertiary alicyclic amines) is 1. The molecule has 2 amide bonds. The summed E-state index contributed by atoms with van der Waals surface area (Å²) in [5.41, 5.74) is 0. The SMILES string of the molecule is CN1C[C@@H](C(=O)N2CCNCC2)CC1=O. The maximum atomic E-state index is 12.0. The van der Waals surface area contributed by atoms with Crippen LogP contribution in [-0.4, -0.2) is 61.4 Å². The smallest absolute Gasteiger partial charge is 0.228 e. The van der Waals surface area contributed by atoms with Crippen molar-refractivity contribution in [3.8, 4) is 0 Å². The molecule has 2 aliphatic rings. The summed E-state index contributed by atoms with van der Waals surface area (Å²) in [6.07, 6.45) is 0.388. The second-order valence-corrected chi connectivity index (χ2v) is 4.25. The molecule has 0 unspecified atom stereocenters. The molecule has 15 heavy (non-hydrogen) atoms. The zero-order valence-electron chi connectivity index (χ0n) is 9.03. The summed E-state index contributed by atoms with van der Waals surface area (Å²) in [5.74, 6) is 0.123. The van der Waals surface area contributed by atoms with E-state index in [4.69, 9.17) is 0 Å². The number of piperazine rings is 1. The number of nitrogens with zero attached hydrogens (tertiary/aromatic N) is 2. The third-order valence-corrected chi connectivity index (χ3v) is 3.12. The van der Waals surface area contributed by atoms with Crippen molar-refractivity contribution < 1.29 is 9.59 Å². The third-order valence-electron chi connectivity index (χ3n) is 3.12. The predicted octanol–water partition coefficient (Wildman–Crippen LogP) is -1.10. The lowest BCUT2D eigenvalue weighted by Gasteiger charge is -2.29. The van der Waals surface area contributed by atoms with Crippen LogP contribution in [0.4, 0.5) is 0 Å². The fourth-order valence-corrected chi connectivity index (χ4v) is 2.17. The van der Waals surface area contributed by atoms with Gasteiger partial charge in [0, 0.05) is 46.2 Å². The van der Waals surface area contributed by atoms with Gasteiger partial charge in [0.15, 0.2) is 0 Å². The molecular formula is C10H17N3O2. The minimum absolute atomic E-state index is 0.0866. The summed E-state index contributed by atoms with van der Waals surface area (Å²) in [6, 6.07) is 0. The van der Waals surface area contributed by atoms with Gasteiger partial charge in [-0.3, -0.25) is 9.59 Å². The Bertz CT molecular complexity index is 274. The second kappa shape index (κ2) is 4.18. The van der Waals surface area contributed by atoms with Crippen molar-refractivity contribution in [3.63, 3.8) is 0 Å². The Morgan fingerprint density at radius 1 is 1.40 bits per heavy atom. The molecule has 0 bridgehead atoms. The second-order valence-electron chi connectivity index (χ2n) is 4.25. The lowest BCUT2D eigenvalue weighted by Crippen LogP contribution is -2.48. The van der Waals surface area contributed by atoms with Gasteiger partial charge in [-0.15, -0.1) is 0 Å². The van der Waals surface area contributed by atoms with Crippen molar-refractivity contribution in [1.29, 1.82) is 0 Å². The van der Waals surface area contributed by atoms with Crippen molar-refractivity contribution in [2.24, 2.45) is 5.92 Å². The maximum absolute atomic E-state index is 12.0. The van der Waals surface area contributed by atoms with Crippen LogP contribution in [0.25, 0.3) is 0 Å². The highest BCUT2D eigenvalue weighted by Crippen LogP contribution is 2.18. The first-order valence-electron chi connectivity index (χ1n) is 5.42. The monoisotopic (exact) mass is 211 g/mol. The first-order valence-corrected chi connectivity index (χ1v) is 5.42. The van der Waals surface area contributed by atoms with E-state index in [9.17, 15) is 9.59 Å². The van der Waals surface area contributed by atoms with Gasteiger partial charge in [0.1, 0.15) is 0 Å². The average molecular weight is 211 g/mol. The van der Waals surface area contributed by atoms with Gasteiger partial charge in [-0.05, 0) is 0 Å². The van der Waals surface area contributed by atoms with E-state index >= 15 is 0 Å². The van der Waals surface area contributed by atoms with E-state index in [1.807, 2.05) is 4.90 Å². The number of rotatable bonds is 1. The Balaban J connectivity index is 1.93. The quantitative estimate of drug-likeness (QED) is 0.599. The van der Waals surface area contributed by atoms with Crippen LogP contribution in [-0.2, 0) is 9.59 Å². The summed E-state index contributed by atoms with van der Waals surface area (Å²) in [7, 11) is 1.76. The molecule has 1 atom stereocenters. The van der Waals surface area contributed by atoms with Crippen LogP contribution in [0.1, 0.15) is 6.42 Å². The van der Waals surface area contributed by atoms with E-state index in [0.717, 1.165) is 26.2 Å². The molecule has 0 aliphatic carbocycles. The summed E-state index contributed by atoms with van der Waals surface area (Å²) in [6.45, 7) is 3.85. The Morgan fingerprint density at radius 2 is 2.07 bits per heavy atom. The number of nitrogens with one attached hydrogen (secondary N) is 1. The first kappa shape index (κ1) is 10.4. The molecule has 0 spiro atoms. The third kappa shape index (κ3) is 2.12. The van der Waals surface area contributed by atoms with E-state index in [1.54, 1.807) is 11.9 Å². The van der Waals surface area contributed by atoms with E-state index in [-0.39, 0.29) is 17.7 Å². The predicted molar refractivity (Wildman–Crippen MR) is 55.2 cm³/mol. The van der Waals surface area contributed by atoms with Gasteiger partial charge in [0.25, 0.3) is 0 Å². The molecule has 0 aromatic carbocycles. The minimum atomic E-state index is -0.111. The number of hydrogen-bond acceptors (Lipinski definition) is 3. The van der Waals surface area contributed by atoms with Gasteiger partial charge >= 0.3 is 0 Å². The van der Waals surface area contributed by atoms with Crippen molar-refractivity contribution in [2.45, 2.75) is 6.42 Å². The van der Waals surface area contributed by atoms with E-state index < -0.39 is 0 Å². The van der Waals surface area contributed by atoms with Crippen molar-refractivity contribution in [2.75, 3.05) is 39.8 Å². The van der Waals surface area contributed by atoms with Crippen LogP contribution < -0.4 is 5.32 Å². The first-order chi connectivity index (χ1) is 7.18. The number of amides is 2. The summed E-state index contributed by atoms with van der Waals surface area (Å²) >= 11 is 0. The van der Waals surface area contributed by atoms with Gasteiger partial charge < -0.3 is 15.1 Å². The summed E-state index contributed by atoms with van der Waals surface area (Å²) in [4.78, 5) is 26.8. The van der Waals surface area contributed by atoms with Crippen LogP contribution in [0.2, 0.25) is 0 Å². The van der Waals surface area contributed by atoms with E-state index in [2.05, 4.69) is 5.32 Å². The van der Waals surface area contributed by atoms with Gasteiger partial charge in [-0.2, -0.15) is 0 Å². The van der Waals surface area contributed by atoms with Crippen molar-refractivity contribution >= 4 is 11.8 Å². The van der Waals surface area contributed by atoms with E-state index in [0.29, 0.717) is 13.0 Å².